The molecule has 0 aliphatic carbocycles. The van der Waals surface area contributed by atoms with Crippen LogP contribution in [-0.4, -0.2) is 45.3 Å². The summed E-state index contributed by atoms with van der Waals surface area (Å²) in [5.74, 6) is 0.214. The van der Waals surface area contributed by atoms with E-state index in [1.807, 2.05) is 18.5 Å². The van der Waals surface area contributed by atoms with E-state index in [-0.39, 0.29) is 5.95 Å². The van der Waals surface area contributed by atoms with E-state index in [1.165, 1.54) is 11.8 Å². The van der Waals surface area contributed by atoms with E-state index in [0.29, 0.717) is 18.7 Å². The zero-order valence-electron chi connectivity index (χ0n) is 15.9. The van der Waals surface area contributed by atoms with E-state index in [0.717, 1.165) is 46.3 Å². The van der Waals surface area contributed by atoms with Crippen LogP contribution in [0.25, 0.3) is 22.2 Å². The summed E-state index contributed by atoms with van der Waals surface area (Å²) in [7, 11) is 0. The van der Waals surface area contributed by atoms with Gasteiger partial charge in [-0.2, -0.15) is 10.7 Å². The maximum absolute atomic E-state index is 12.2. The van der Waals surface area contributed by atoms with Gasteiger partial charge in [0.15, 0.2) is 0 Å². The molecule has 0 spiro atoms. The minimum atomic E-state index is -0.417. The largest absolute Gasteiger partial charge is 0.434 e. The lowest BCUT2D eigenvalue weighted by atomic mass is 10.1. The lowest BCUT2D eigenvalue weighted by Crippen LogP contribution is -2.37. The molecule has 0 atom stereocenters. The Kier molecular flexibility index (Phi) is 5.53. The number of amides is 1. The second-order valence-corrected chi connectivity index (χ2v) is 7.55. The van der Waals surface area contributed by atoms with Crippen LogP contribution in [0.3, 0.4) is 0 Å². The number of carbonyl (C=O) groups is 1. The number of fused-ring (bicyclic) bond motifs is 1. The molecule has 0 bridgehead atoms. The maximum atomic E-state index is 12.2. The van der Waals surface area contributed by atoms with Crippen molar-refractivity contribution in [2.24, 2.45) is 0 Å². The summed E-state index contributed by atoms with van der Waals surface area (Å²) in [5.41, 5.74) is 5.64. The van der Waals surface area contributed by atoms with E-state index in [1.54, 1.807) is 23.2 Å². The smallest absolute Gasteiger partial charge is 0.360 e. The van der Waals surface area contributed by atoms with Crippen LogP contribution >= 0.6 is 11.8 Å². The third kappa shape index (κ3) is 3.98. The lowest BCUT2D eigenvalue weighted by Gasteiger charge is -2.25. The van der Waals surface area contributed by atoms with Crippen LogP contribution in [0, 0.1) is 11.3 Å². The quantitative estimate of drug-likeness (QED) is 0.493. The van der Waals surface area contributed by atoms with Crippen molar-refractivity contribution in [2.75, 3.05) is 24.8 Å². The third-order valence-electron chi connectivity index (χ3n) is 4.88. The summed E-state index contributed by atoms with van der Waals surface area (Å²) in [4.78, 5) is 32.0. The Morgan fingerprint density at radius 2 is 2.17 bits per heavy atom. The number of nitriles is 1. The molecule has 0 radical (unpaired) electrons. The van der Waals surface area contributed by atoms with Gasteiger partial charge in [0.2, 0.25) is 0 Å². The first-order valence-corrected chi connectivity index (χ1v) is 10.6. The molecule has 1 saturated heterocycles. The molecule has 1 fully saturated rings. The molecule has 3 aromatic rings. The van der Waals surface area contributed by atoms with Crippen LogP contribution in [0.15, 0.2) is 35.5 Å². The van der Waals surface area contributed by atoms with Gasteiger partial charge in [0.25, 0.3) is 5.95 Å². The van der Waals surface area contributed by atoms with E-state index < -0.39 is 6.09 Å². The summed E-state index contributed by atoms with van der Waals surface area (Å²) >= 11 is 1.53. The molecule has 148 valence electrons. The molecule has 8 nitrogen and oxygen atoms in total. The predicted molar refractivity (Wildman–Crippen MR) is 111 cm³/mol. The number of anilines is 1. The number of thioether (sulfide) groups is 1. The number of nitrogens with one attached hydrogen (secondary N) is 2. The normalized spacial score (nSPS) is 13.9. The molecule has 29 heavy (non-hydrogen) atoms. The Morgan fingerprint density at radius 1 is 1.34 bits per heavy atom. The lowest BCUT2D eigenvalue weighted by molar-refractivity contribution is 0.113. The number of carbonyl (C=O) groups excluding carboxylic acids is 1. The van der Waals surface area contributed by atoms with Crippen molar-refractivity contribution in [3.8, 4) is 17.3 Å². The highest BCUT2D eigenvalue weighted by Crippen LogP contribution is 2.34. The van der Waals surface area contributed by atoms with Crippen molar-refractivity contribution < 1.29 is 9.63 Å². The highest BCUT2D eigenvalue weighted by molar-refractivity contribution is 7.98. The van der Waals surface area contributed by atoms with Gasteiger partial charge in [-0.3, -0.25) is 0 Å². The fourth-order valence-corrected chi connectivity index (χ4v) is 3.89. The Bertz CT molecular complexity index is 1080. The summed E-state index contributed by atoms with van der Waals surface area (Å²) in [6.07, 6.45) is 8.22. The number of benzene rings is 1. The van der Waals surface area contributed by atoms with Gasteiger partial charge in [-0.25, -0.2) is 14.8 Å². The van der Waals surface area contributed by atoms with E-state index in [2.05, 4.69) is 26.5 Å². The molecule has 4 rings (SSSR count). The predicted octanol–water partition coefficient (Wildman–Crippen LogP) is 4.17. The number of rotatable bonds is 4. The first kappa shape index (κ1) is 19.1. The molecular weight excluding hydrogens is 388 g/mol. The molecule has 2 aromatic heterocycles. The molecule has 0 unspecified atom stereocenters. The summed E-state index contributed by atoms with van der Waals surface area (Å²) in [6, 6.07) is 7.62. The molecule has 9 heteroatoms. The molecule has 1 aliphatic heterocycles. The van der Waals surface area contributed by atoms with Crippen molar-refractivity contribution >= 4 is 34.7 Å². The second-order valence-electron chi connectivity index (χ2n) is 6.70. The van der Waals surface area contributed by atoms with Crippen molar-refractivity contribution in [1.29, 1.82) is 5.26 Å². The summed E-state index contributed by atoms with van der Waals surface area (Å²) in [6.45, 7) is 1.41. The molecule has 3 heterocycles. The van der Waals surface area contributed by atoms with E-state index in [9.17, 15) is 4.79 Å². The fourth-order valence-electron chi connectivity index (χ4n) is 3.38. The molecule has 1 aromatic carbocycles. The standard InChI is InChI=1S/C20H20N6O2S/c1-29-17-12-23-19(25-28-20(27)26-7-3-2-4-8-26)24-18(17)15-11-22-16-9-13(10-21)5-6-14(15)16/h5-6,9,11-12,22H,2-4,7-8H2,1H3,(H,23,24,25). The number of hydrogen-bond acceptors (Lipinski definition) is 7. The third-order valence-corrected chi connectivity index (χ3v) is 5.62. The number of hydrogen-bond donors (Lipinski definition) is 2. The number of aromatic nitrogens is 3. The van der Waals surface area contributed by atoms with Crippen LogP contribution in [0.1, 0.15) is 24.8 Å². The molecular formula is C20H20N6O2S. The van der Waals surface area contributed by atoms with Gasteiger partial charge in [-0.1, -0.05) is 6.07 Å². The molecule has 0 saturated carbocycles. The first-order valence-electron chi connectivity index (χ1n) is 9.34. The van der Waals surface area contributed by atoms with Crippen LogP contribution < -0.4 is 5.48 Å². The van der Waals surface area contributed by atoms with Gasteiger partial charge in [0.1, 0.15) is 0 Å². The summed E-state index contributed by atoms with van der Waals surface area (Å²) < 4.78 is 0. The van der Waals surface area contributed by atoms with Gasteiger partial charge in [0, 0.05) is 41.9 Å². The van der Waals surface area contributed by atoms with Gasteiger partial charge in [-0.15, -0.1) is 11.8 Å². The molecule has 2 N–H and O–H groups in total. The topological polar surface area (TPSA) is 107 Å². The fraction of sp³-hybridized carbons (Fsp3) is 0.300. The Balaban J connectivity index is 1.59. The highest BCUT2D eigenvalue weighted by Gasteiger charge is 2.19. The van der Waals surface area contributed by atoms with Crippen LogP contribution in [0.4, 0.5) is 10.7 Å². The number of aromatic amines is 1. The number of nitrogens with zero attached hydrogens (tertiary/aromatic N) is 4. The zero-order valence-corrected chi connectivity index (χ0v) is 16.8. The zero-order chi connectivity index (χ0) is 20.2. The minimum Gasteiger partial charge on any atom is -0.360 e. The monoisotopic (exact) mass is 408 g/mol. The van der Waals surface area contributed by atoms with Gasteiger partial charge in [0.05, 0.1) is 22.2 Å². The van der Waals surface area contributed by atoms with Crippen molar-refractivity contribution in [3.63, 3.8) is 0 Å². The van der Waals surface area contributed by atoms with E-state index in [4.69, 9.17) is 10.1 Å². The van der Waals surface area contributed by atoms with Gasteiger partial charge < -0.3 is 14.7 Å². The average molecular weight is 408 g/mol. The van der Waals surface area contributed by atoms with Crippen molar-refractivity contribution in [1.82, 2.24) is 19.9 Å². The van der Waals surface area contributed by atoms with Crippen LogP contribution in [0.5, 0.6) is 0 Å². The molecule has 1 amide bonds. The SMILES string of the molecule is CSc1cnc(NOC(=O)N2CCCCC2)nc1-c1c[nH]c2cc(C#N)ccc12. The number of likely N-dealkylation sites (tertiary alicyclic amines) is 1. The number of H-pyrrole nitrogens is 1. The molecule has 1 aliphatic rings. The first-order chi connectivity index (χ1) is 14.2. The van der Waals surface area contributed by atoms with Gasteiger partial charge in [-0.05, 0) is 37.7 Å². The van der Waals surface area contributed by atoms with Crippen LogP contribution in [0.2, 0.25) is 0 Å². The summed E-state index contributed by atoms with van der Waals surface area (Å²) in [5, 5.41) is 10.0. The Morgan fingerprint density at radius 3 is 2.93 bits per heavy atom. The van der Waals surface area contributed by atoms with Crippen molar-refractivity contribution in [2.45, 2.75) is 24.2 Å². The highest BCUT2D eigenvalue weighted by atomic mass is 32.2. The van der Waals surface area contributed by atoms with Crippen LogP contribution in [-0.2, 0) is 4.84 Å². The van der Waals surface area contributed by atoms with Gasteiger partial charge >= 0.3 is 6.09 Å². The number of piperidine rings is 1. The minimum absolute atomic E-state index is 0.214. The second kappa shape index (κ2) is 8.41. The Labute approximate surface area is 172 Å². The Hall–Kier alpha value is -3.25. The van der Waals surface area contributed by atoms with Crippen molar-refractivity contribution in [3.05, 3.63) is 36.2 Å². The average Bonchev–Trinajstić information content (AvgIpc) is 3.20. The maximum Gasteiger partial charge on any atom is 0.434 e. The van der Waals surface area contributed by atoms with E-state index >= 15 is 0 Å².